The fourth-order valence-electron chi connectivity index (χ4n) is 1.60. The molecule has 1 heterocycles. The number of imidazole rings is 1. The highest BCUT2D eigenvalue weighted by atomic mass is 15.1. The van der Waals surface area contributed by atoms with Crippen LogP contribution in [0.2, 0.25) is 0 Å². The number of aromatic nitrogens is 2. The van der Waals surface area contributed by atoms with Crippen LogP contribution in [0.5, 0.6) is 0 Å². The van der Waals surface area contributed by atoms with Crippen molar-refractivity contribution in [2.75, 3.05) is 0 Å². The summed E-state index contributed by atoms with van der Waals surface area (Å²) in [6, 6.07) is 0. The summed E-state index contributed by atoms with van der Waals surface area (Å²) in [7, 11) is 0. The third-order valence-electron chi connectivity index (χ3n) is 3.05. The molecule has 3 heteroatoms. The number of nitrogens with two attached hydrogens (primary N) is 1. The van der Waals surface area contributed by atoms with Crippen molar-refractivity contribution in [3.05, 3.63) is 18.2 Å². The molecule has 0 aliphatic heterocycles. The van der Waals surface area contributed by atoms with Gasteiger partial charge in [0.05, 0.1) is 6.33 Å². The molecule has 14 heavy (non-hydrogen) atoms. The minimum Gasteiger partial charge on any atom is -0.333 e. The predicted molar refractivity (Wildman–Crippen MR) is 59.1 cm³/mol. The van der Waals surface area contributed by atoms with Gasteiger partial charge in [0.1, 0.15) is 0 Å². The Morgan fingerprint density at radius 2 is 2.00 bits per heavy atom. The molecule has 1 aromatic rings. The Morgan fingerprint density at radius 3 is 2.50 bits per heavy atom. The second-order valence-electron chi connectivity index (χ2n) is 3.94. The van der Waals surface area contributed by atoms with Crippen molar-refractivity contribution < 1.29 is 0 Å². The van der Waals surface area contributed by atoms with Crippen LogP contribution in [0.4, 0.5) is 0 Å². The van der Waals surface area contributed by atoms with Gasteiger partial charge in [0.15, 0.2) is 0 Å². The lowest BCUT2D eigenvalue weighted by atomic mass is 9.94. The van der Waals surface area contributed by atoms with Gasteiger partial charge in [0, 0.05) is 24.0 Å². The van der Waals surface area contributed by atoms with Crippen LogP contribution in [0.15, 0.2) is 12.5 Å². The smallest absolute Gasteiger partial charge is 0.0948 e. The summed E-state index contributed by atoms with van der Waals surface area (Å²) < 4.78 is 2.17. The maximum Gasteiger partial charge on any atom is 0.0948 e. The monoisotopic (exact) mass is 195 g/mol. The van der Waals surface area contributed by atoms with Gasteiger partial charge in [0.2, 0.25) is 0 Å². The van der Waals surface area contributed by atoms with Gasteiger partial charge in [-0.15, -0.1) is 0 Å². The van der Waals surface area contributed by atoms with E-state index < -0.39 is 0 Å². The first-order valence-corrected chi connectivity index (χ1v) is 5.43. The zero-order chi connectivity index (χ0) is 10.6. The minimum absolute atomic E-state index is 0.0787. The average molecular weight is 195 g/mol. The van der Waals surface area contributed by atoms with Gasteiger partial charge < -0.3 is 10.3 Å². The first-order valence-electron chi connectivity index (χ1n) is 5.43. The molecule has 0 unspecified atom stereocenters. The number of hydrogen-bond donors (Lipinski definition) is 1. The van der Waals surface area contributed by atoms with Crippen molar-refractivity contribution in [1.82, 2.24) is 9.55 Å². The summed E-state index contributed by atoms with van der Waals surface area (Å²) in [5, 5.41) is 0. The van der Waals surface area contributed by atoms with Crippen LogP contribution in [-0.4, -0.2) is 15.1 Å². The lowest BCUT2D eigenvalue weighted by Crippen LogP contribution is -2.42. The van der Waals surface area contributed by atoms with E-state index >= 15 is 0 Å². The molecule has 0 saturated carbocycles. The van der Waals surface area contributed by atoms with Crippen molar-refractivity contribution >= 4 is 0 Å². The van der Waals surface area contributed by atoms with Gasteiger partial charge in [0.25, 0.3) is 0 Å². The zero-order valence-electron chi connectivity index (χ0n) is 9.45. The number of hydrogen-bond acceptors (Lipinski definition) is 2. The molecule has 1 aromatic heterocycles. The van der Waals surface area contributed by atoms with Crippen LogP contribution in [0.1, 0.15) is 39.3 Å². The van der Waals surface area contributed by atoms with Crippen molar-refractivity contribution in [1.29, 1.82) is 0 Å². The van der Waals surface area contributed by atoms with E-state index in [1.54, 1.807) is 0 Å². The molecule has 0 fully saturated rings. The first kappa shape index (κ1) is 11.2. The van der Waals surface area contributed by atoms with Crippen LogP contribution >= 0.6 is 0 Å². The molecule has 0 aliphatic rings. The summed E-state index contributed by atoms with van der Waals surface area (Å²) in [5.74, 6) is 0. The summed E-state index contributed by atoms with van der Waals surface area (Å²) in [4.78, 5) is 4.15. The molecule has 0 aliphatic carbocycles. The van der Waals surface area contributed by atoms with Crippen LogP contribution < -0.4 is 5.73 Å². The molecular weight excluding hydrogens is 174 g/mol. The second kappa shape index (κ2) is 4.60. The fraction of sp³-hybridized carbons (Fsp3) is 0.727. The summed E-state index contributed by atoms with van der Waals surface area (Å²) in [6.45, 7) is 7.31. The Morgan fingerprint density at radius 1 is 1.36 bits per heavy atom. The Hall–Kier alpha value is -0.830. The normalized spacial score (nSPS) is 12.0. The van der Waals surface area contributed by atoms with Gasteiger partial charge in [-0.25, -0.2) is 4.98 Å². The highest BCUT2D eigenvalue weighted by Crippen LogP contribution is 2.15. The Labute approximate surface area is 86.3 Å². The fourth-order valence-corrected chi connectivity index (χ4v) is 1.60. The average Bonchev–Trinajstić information content (AvgIpc) is 2.65. The van der Waals surface area contributed by atoms with Crippen molar-refractivity contribution in [2.24, 2.45) is 5.73 Å². The van der Waals surface area contributed by atoms with Crippen molar-refractivity contribution in [3.8, 4) is 0 Å². The van der Waals surface area contributed by atoms with Gasteiger partial charge >= 0.3 is 0 Å². The van der Waals surface area contributed by atoms with Gasteiger partial charge in [-0.3, -0.25) is 0 Å². The minimum atomic E-state index is -0.0787. The molecule has 80 valence electrons. The number of rotatable bonds is 5. The Bertz CT molecular complexity index is 274. The lowest BCUT2D eigenvalue weighted by molar-refractivity contribution is 0.335. The molecule has 0 saturated heterocycles. The molecule has 0 amide bonds. The molecule has 0 atom stereocenters. The van der Waals surface area contributed by atoms with E-state index in [2.05, 4.69) is 30.3 Å². The maximum absolute atomic E-state index is 6.26. The number of nitrogens with zero attached hydrogens (tertiary/aromatic N) is 2. The molecule has 0 bridgehead atoms. The Balaban J connectivity index is 2.76. The highest BCUT2D eigenvalue weighted by molar-refractivity contribution is 4.99. The zero-order valence-corrected chi connectivity index (χ0v) is 9.45. The van der Waals surface area contributed by atoms with Crippen LogP contribution in [0, 0.1) is 0 Å². The Kier molecular flexibility index (Phi) is 3.69. The van der Waals surface area contributed by atoms with Crippen molar-refractivity contribution in [2.45, 2.75) is 52.1 Å². The van der Waals surface area contributed by atoms with E-state index in [0.29, 0.717) is 0 Å². The standard InChI is InChI=1S/C11H21N3/c1-4-10-7-13-9-14(10)8-11(12,5-2)6-3/h7,9H,4-6,8,12H2,1-3H3. The predicted octanol–water partition coefficient (Wildman–Crippen LogP) is 1.96. The van der Waals surface area contributed by atoms with E-state index in [1.165, 1.54) is 5.69 Å². The SMILES string of the molecule is CCc1cncn1CC(N)(CC)CC. The molecule has 0 aromatic carbocycles. The van der Waals surface area contributed by atoms with E-state index in [1.807, 2.05) is 12.5 Å². The summed E-state index contributed by atoms with van der Waals surface area (Å²) in [5.41, 5.74) is 7.45. The van der Waals surface area contributed by atoms with E-state index in [0.717, 1.165) is 25.8 Å². The molecule has 2 N–H and O–H groups in total. The third kappa shape index (κ3) is 2.35. The summed E-state index contributed by atoms with van der Waals surface area (Å²) >= 11 is 0. The van der Waals surface area contributed by atoms with Crippen LogP contribution in [-0.2, 0) is 13.0 Å². The summed E-state index contributed by atoms with van der Waals surface area (Å²) in [6.07, 6.45) is 6.83. The van der Waals surface area contributed by atoms with E-state index in [4.69, 9.17) is 5.73 Å². The topological polar surface area (TPSA) is 43.8 Å². The molecule has 3 nitrogen and oxygen atoms in total. The first-order chi connectivity index (χ1) is 6.65. The molecule has 1 rings (SSSR count). The molecular formula is C11H21N3. The van der Waals surface area contributed by atoms with E-state index in [9.17, 15) is 0 Å². The number of aryl methyl sites for hydroxylation is 1. The second-order valence-corrected chi connectivity index (χ2v) is 3.94. The molecule has 0 spiro atoms. The largest absolute Gasteiger partial charge is 0.333 e. The van der Waals surface area contributed by atoms with Crippen molar-refractivity contribution in [3.63, 3.8) is 0 Å². The molecule has 0 radical (unpaired) electrons. The van der Waals surface area contributed by atoms with Gasteiger partial charge in [-0.05, 0) is 19.3 Å². The van der Waals surface area contributed by atoms with Crippen LogP contribution in [0.3, 0.4) is 0 Å². The van der Waals surface area contributed by atoms with Gasteiger partial charge in [-0.1, -0.05) is 20.8 Å². The van der Waals surface area contributed by atoms with E-state index in [-0.39, 0.29) is 5.54 Å². The van der Waals surface area contributed by atoms with Crippen LogP contribution in [0.25, 0.3) is 0 Å². The maximum atomic E-state index is 6.26. The quantitative estimate of drug-likeness (QED) is 0.780. The highest BCUT2D eigenvalue weighted by Gasteiger charge is 2.21. The third-order valence-corrected chi connectivity index (χ3v) is 3.05. The lowest BCUT2D eigenvalue weighted by Gasteiger charge is -2.27. The van der Waals surface area contributed by atoms with Gasteiger partial charge in [-0.2, -0.15) is 0 Å².